The molecule has 1 radical (unpaired) electrons. The predicted molar refractivity (Wildman–Crippen MR) is 49.3 cm³/mol. The van der Waals surface area contributed by atoms with Crippen LogP contribution in [0.2, 0.25) is 0 Å². The lowest BCUT2D eigenvalue weighted by molar-refractivity contribution is 0.864. The second-order valence-corrected chi connectivity index (χ2v) is 2.95. The lowest BCUT2D eigenvalue weighted by Gasteiger charge is -2.08. The molecule has 0 heteroatoms. The van der Waals surface area contributed by atoms with Crippen molar-refractivity contribution in [3.05, 3.63) is 42.0 Å². The maximum Gasteiger partial charge on any atom is -0.0213 e. The minimum absolute atomic E-state index is 0.547. The van der Waals surface area contributed by atoms with Crippen LogP contribution in [0.25, 0.3) is 6.08 Å². The third kappa shape index (κ3) is 1.70. The Morgan fingerprint density at radius 3 is 2.36 bits per heavy atom. The van der Waals surface area contributed by atoms with E-state index in [4.69, 9.17) is 6.58 Å². The lowest BCUT2D eigenvalue weighted by Crippen LogP contribution is -1.89. The largest absolute Gasteiger partial charge is 0.0619 e. The Labute approximate surface area is 68.6 Å². The van der Waals surface area contributed by atoms with Crippen LogP contribution in [-0.2, 0) is 0 Å². The minimum Gasteiger partial charge on any atom is -0.0619 e. The third-order valence-electron chi connectivity index (χ3n) is 1.80. The highest BCUT2D eigenvalue weighted by molar-refractivity contribution is 5.51. The highest BCUT2D eigenvalue weighted by Gasteiger charge is 2.00. The van der Waals surface area contributed by atoms with Gasteiger partial charge in [0, 0.05) is 0 Å². The molecule has 0 nitrogen and oxygen atoms in total. The molecule has 1 aromatic rings. The molecule has 0 fully saturated rings. The van der Waals surface area contributed by atoms with Crippen molar-refractivity contribution < 1.29 is 0 Å². The molecule has 0 aliphatic heterocycles. The monoisotopic (exact) mass is 145 g/mol. The third-order valence-corrected chi connectivity index (χ3v) is 1.80. The van der Waals surface area contributed by atoms with Crippen LogP contribution in [0.5, 0.6) is 0 Å². The molecular weight excluding hydrogens is 132 g/mol. The van der Waals surface area contributed by atoms with Crippen molar-refractivity contribution in [1.82, 2.24) is 0 Å². The minimum atomic E-state index is 0.547. The van der Waals surface area contributed by atoms with E-state index in [2.05, 4.69) is 19.9 Å². The molecule has 0 saturated carbocycles. The van der Waals surface area contributed by atoms with Crippen molar-refractivity contribution in [1.29, 1.82) is 0 Å². The zero-order valence-corrected chi connectivity index (χ0v) is 7.04. The fourth-order valence-electron chi connectivity index (χ4n) is 1.19. The quantitative estimate of drug-likeness (QED) is 0.599. The number of hydrogen-bond acceptors (Lipinski definition) is 0. The molecule has 0 aromatic heterocycles. The van der Waals surface area contributed by atoms with Crippen molar-refractivity contribution in [2.75, 3.05) is 0 Å². The Morgan fingerprint density at radius 1 is 1.27 bits per heavy atom. The van der Waals surface area contributed by atoms with Crippen LogP contribution >= 0.6 is 0 Å². The Morgan fingerprint density at radius 2 is 1.91 bits per heavy atom. The van der Waals surface area contributed by atoms with Gasteiger partial charge in [0.2, 0.25) is 0 Å². The Balaban J connectivity index is 3.12. The SMILES string of the molecule is [CH]=Cc1ccccc1C(C)C. The molecule has 1 aromatic carbocycles. The molecule has 0 aliphatic carbocycles. The van der Waals surface area contributed by atoms with Gasteiger partial charge in [-0.15, -0.1) is 0 Å². The van der Waals surface area contributed by atoms with Gasteiger partial charge < -0.3 is 0 Å². The normalized spacial score (nSPS) is 10.1. The Kier molecular flexibility index (Phi) is 2.48. The summed E-state index contributed by atoms with van der Waals surface area (Å²) in [5.74, 6) is 0.547. The molecule has 57 valence electrons. The summed E-state index contributed by atoms with van der Waals surface area (Å²) in [6, 6.07) is 8.20. The summed E-state index contributed by atoms with van der Waals surface area (Å²) in [7, 11) is 0. The zero-order chi connectivity index (χ0) is 8.27. The van der Waals surface area contributed by atoms with E-state index in [0.717, 1.165) is 5.56 Å². The summed E-state index contributed by atoms with van der Waals surface area (Å²) >= 11 is 0. The first-order valence-corrected chi connectivity index (χ1v) is 3.89. The van der Waals surface area contributed by atoms with Crippen LogP contribution in [0.3, 0.4) is 0 Å². The second-order valence-electron chi connectivity index (χ2n) is 2.95. The van der Waals surface area contributed by atoms with Gasteiger partial charge in [0.05, 0.1) is 0 Å². The van der Waals surface area contributed by atoms with E-state index in [9.17, 15) is 0 Å². The van der Waals surface area contributed by atoms with Crippen molar-refractivity contribution in [3.63, 3.8) is 0 Å². The van der Waals surface area contributed by atoms with Gasteiger partial charge >= 0.3 is 0 Å². The molecular formula is C11H13. The van der Waals surface area contributed by atoms with E-state index in [-0.39, 0.29) is 0 Å². The summed E-state index contributed by atoms with van der Waals surface area (Å²) in [6.45, 7) is 9.80. The highest BCUT2D eigenvalue weighted by atomic mass is 14.1. The Bertz CT molecular complexity index is 246. The average molecular weight is 145 g/mol. The molecule has 0 N–H and O–H groups in total. The van der Waals surface area contributed by atoms with Gasteiger partial charge in [0.1, 0.15) is 0 Å². The van der Waals surface area contributed by atoms with E-state index in [0.29, 0.717) is 5.92 Å². The molecule has 0 spiro atoms. The van der Waals surface area contributed by atoms with Crippen LogP contribution in [0.1, 0.15) is 30.9 Å². The van der Waals surface area contributed by atoms with E-state index in [1.54, 1.807) is 6.08 Å². The number of hydrogen-bond donors (Lipinski definition) is 0. The highest BCUT2D eigenvalue weighted by Crippen LogP contribution is 2.19. The van der Waals surface area contributed by atoms with Gasteiger partial charge in [-0.2, -0.15) is 0 Å². The molecule has 1 rings (SSSR count). The van der Waals surface area contributed by atoms with Crippen LogP contribution in [0.4, 0.5) is 0 Å². The van der Waals surface area contributed by atoms with E-state index >= 15 is 0 Å². The van der Waals surface area contributed by atoms with Crippen molar-refractivity contribution in [2.45, 2.75) is 19.8 Å². The van der Waals surface area contributed by atoms with Crippen LogP contribution in [0.15, 0.2) is 24.3 Å². The first-order valence-electron chi connectivity index (χ1n) is 3.89. The summed E-state index contributed by atoms with van der Waals surface area (Å²) < 4.78 is 0. The smallest absolute Gasteiger partial charge is 0.0213 e. The summed E-state index contributed by atoms with van der Waals surface area (Å²) in [4.78, 5) is 0. The molecule has 0 aliphatic rings. The fourth-order valence-corrected chi connectivity index (χ4v) is 1.19. The van der Waals surface area contributed by atoms with Gasteiger partial charge in [-0.1, -0.05) is 50.8 Å². The van der Waals surface area contributed by atoms with Gasteiger partial charge in [-0.3, -0.25) is 0 Å². The van der Waals surface area contributed by atoms with Gasteiger partial charge in [-0.05, 0) is 17.0 Å². The molecule has 0 heterocycles. The van der Waals surface area contributed by atoms with Crippen LogP contribution in [-0.4, -0.2) is 0 Å². The van der Waals surface area contributed by atoms with Gasteiger partial charge in [0.15, 0.2) is 0 Å². The molecule has 0 bridgehead atoms. The molecule has 0 unspecified atom stereocenters. The number of benzene rings is 1. The maximum absolute atomic E-state index is 5.46. The van der Waals surface area contributed by atoms with E-state index in [1.165, 1.54) is 5.56 Å². The lowest BCUT2D eigenvalue weighted by atomic mass is 9.97. The van der Waals surface area contributed by atoms with E-state index in [1.807, 2.05) is 18.2 Å². The predicted octanol–water partition coefficient (Wildman–Crippen LogP) is 3.26. The summed E-state index contributed by atoms with van der Waals surface area (Å²) in [6.07, 6.45) is 1.66. The zero-order valence-electron chi connectivity index (χ0n) is 7.04. The van der Waals surface area contributed by atoms with Crippen molar-refractivity contribution in [2.24, 2.45) is 0 Å². The maximum atomic E-state index is 5.46. The summed E-state index contributed by atoms with van der Waals surface area (Å²) in [5, 5.41) is 0. The first-order chi connectivity index (χ1) is 5.25. The van der Waals surface area contributed by atoms with Crippen molar-refractivity contribution in [3.8, 4) is 0 Å². The van der Waals surface area contributed by atoms with Crippen LogP contribution < -0.4 is 0 Å². The molecule has 11 heavy (non-hydrogen) atoms. The fraction of sp³-hybridized carbons (Fsp3) is 0.273. The number of rotatable bonds is 2. The standard InChI is InChI=1S/C11H13/c1-4-10-7-5-6-8-11(10)9(2)3/h1,4-9H,2-3H3. The first kappa shape index (κ1) is 8.06. The molecule has 0 saturated heterocycles. The van der Waals surface area contributed by atoms with Crippen LogP contribution in [0, 0.1) is 6.58 Å². The van der Waals surface area contributed by atoms with Gasteiger partial charge in [-0.25, -0.2) is 0 Å². The Hall–Kier alpha value is -1.04. The van der Waals surface area contributed by atoms with E-state index < -0.39 is 0 Å². The average Bonchev–Trinajstić information content (AvgIpc) is 2.04. The van der Waals surface area contributed by atoms with Gasteiger partial charge in [0.25, 0.3) is 0 Å². The summed E-state index contributed by atoms with van der Waals surface area (Å²) in [5.41, 5.74) is 2.46. The second kappa shape index (κ2) is 3.38. The molecule has 0 amide bonds. The molecule has 0 atom stereocenters. The topological polar surface area (TPSA) is 0 Å². The van der Waals surface area contributed by atoms with Crippen molar-refractivity contribution >= 4 is 6.08 Å².